The fourth-order valence-corrected chi connectivity index (χ4v) is 0.919. The van der Waals surface area contributed by atoms with Gasteiger partial charge in [-0.05, 0) is 26.7 Å². The van der Waals surface area contributed by atoms with Gasteiger partial charge < -0.3 is 5.73 Å². The molecule has 13 heavy (non-hydrogen) atoms. The predicted octanol–water partition coefficient (Wildman–Crippen LogP) is 1.47. The number of rotatable bonds is 5. The minimum absolute atomic E-state index is 0.145. The summed E-state index contributed by atoms with van der Waals surface area (Å²) in [6.07, 6.45) is 1.87. The lowest BCUT2D eigenvalue weighted by Gasteiger charge is -2.29. The fraction of sp³-hybridized carbons (Fsp3) is 0.889. The maximum atomic E-state index is 11.0. The topological polar surface area (TPSA) is 58.4 Å². The fourth-order valence-electron chi connectivity index (χ4n) is 0.919. The zero-order valence-electron chi connectivity index (χ0n) is 9.00. The van der Waals surface area contributed by atoms with E-state index in [1.165, 1.54) is 5.01 Å². The second-order valence-electron chi connectivity index (χ2n) is 3.40. The number of nitrogens with two attached hydrogens (primary N) is 1. The van der Waals surface area contributed by atoms with Crippen molar-refractivity contribution >= 4 is 6.03 Å². The molecule has 0 saturated heterocycles. The monoisotopic (exact) mass is 187 g/mol. The van der Waals surface area contributed by atoms with Gasteiger partial charge >= 0.3 is 6.03 Å². The molecule has 4 nitrogen and oxygen atoms in total. The van der Waals surface area contributed by atoms with E-state index >= 15 is 0 Å². The summed E-state index contributed by atoms with van der Waals surface area (Å²) in [7, 11) is 0. The molecule has 0 fully saturated rings. The highest BCUT2D eigenvalue weighted by Crippen LogP contribution is 2.01. The van der Waals surface area contributed by atoms with Crippen molar-refractivity contribution in [1.82, 2.24) is 10.4 Å². The van der Waals surface area contributed by atoms with E-state index in [9.17, 15) is 4.79 Å². The highest BCUT2D eigenvalue weighted by atomic mass is 16.2. The number of carbonyl (C=O) groups is 1. The van der Waals surface area contributed by atoms with Gasteiger partial charge in [0, 0.05) is 12.1 Å². The Morgan fingerprint density at radius 2 is 1.92 bits per heavy atom. The summed E-state index contributed by atoms with van der Waals surface area (Å²) in [4.78, 5) is 11.0. The van der Waals surface area contributed by atoms with E-state index in [4.69, 9.17) is 5.73 Å². The molecule has 0 aliphatic rings. The van der Waals surface area contributed by atoms with E-state index in [2.05, 4.69) is 12.3 Å². The molecule has 0 aromatic carbocycles. The van der Waals surface area contributed by atoms with E-state index in [0.717, 1.165) is 12.8 Å². The number of primary amides is 1. The summed E-state index contributed by atoms with van der Waals surface area (Å²) in [5, 5.41) is 1.51. The predicted molar refractivity (Wildman–Crippen MR) is 54.1 cm³/mol. The molecule has 0 heterocycles. The normalized spacial score (nSPS) is 15.1. The third-order valence-corrected chi connectivity index (χ3v) is 2.24. The molecule has 0 aliphatic carbocycles. The standard InChI is InChI=1S/C9H21N3O/c1-5-7(3)11-12(9(10)13)8(4)6-2/h7-8,11H,5-6H2,1-4H3,(H2,10,13)/t7-,8+/m0/s1. The van der Waals surface area contributed by atoms with Gasteiger partial charge in [0.2, 0.25) is 0 Å². The number of hydrogen-bond donors (Lipinski definition) is 2. The van der Waals surface area contributed by atoms with Crippen LogP contribution in [0.25, 0.3) is 0 Å². The van der Waals surface area contributed by atoms with E-state index in [1.54, 1.807) is 0 Å². The van der Waals surface area contributed by atoms with Gasteiger partial charge in [0.05, 0.1) is 0 Å². The van der Waals surface area contributed by atoms with Crippen molar-refractivity contribution in [2.75, 3.05) is 0 Å². The number of hydrazine groups is 1. The Labute approximate surface area is 80.4 Å². The van der Waals surface area contributed by atoms with Crippen molar-refractivity contribution in [2.24, 2.45) is 5.73 Å². The van der Waals surface area contributed by atoms with Crippen LogP contribution in [0.2, 0.25) is 0 Å². The maximum Gasteiger partial charge on any atom is 0.329 e. The molecule has 0 aliphatic heterocycles. The number of amides is 2. The van der Waals surface area contributed by atoms with Crippen molar-refractivity contribution in [3.63, 3.8) is 0 Å². The minimum atomic E-state index is -0.408. The quantitative estimate of drug-likeness (QED) is 0.640. The first kappa shape index (κ1) is 12.2. The molecule has 0 unspecified atom stereocenters. The van der Waals surface area contributed by atoms with Crippen LogP contribution in [0.15, 0.2) is 0 Å². The number of nitrogens with zero attached hydrogens (tertiary/aromatic N) is 1. The molecule has 4 heteroatoms. The van der Waals surface area contributed by atoms with Crippen LogP contribution in [0.4, 0.5) is 4.79 Å². The first-order valence-electron chi connectivity index (χ1n) is 4.87. The highest BCUT2D eigenvalue weighted by molar-refractivity contribution is 5.71. The van der Waals surface area contributed by atoms with Crippen molar-refractivity contribution in [1.29, 1.82) is 0 Å². The van der Waals surface area contributed by atoms with Crippen LogP contribution in [-0.4, -0.2) is 23.1 Å². The molecule has 0 saturated carbocycles. The molecule has 2 amide bonds. The lowest BCUT2D eigenvalue weighted by atomic mass is 10.2. The van der Waals surface area contributed by atoms with Crippen LogP contribution in [0, 0.1) is 0 Å². The van der Waals surface area contributed by atoms with Crippen molar-refractivity contribution in [3.8, 4) is 0 Å². The largest absolute Gasteiger partial charge is 0.350 e. The van der Waals surface area contributed by atoms with Crippen molar-refractivity contribution in [3.05, 3.63) is 0 Å². The SMILES string of the molecule is CC[C@@H](C)N(N[C@@H](C)CC)C(N)=O. The van der Waals surface area contributed by atoms with Gasteiger partial charge in [-0.1, -0.05) is 13.8 Å². The van der Waals surface area contributed by atoms with Crippen LogP contribution in [-0.2, 0) is 0 Å². The third-order valence-electron chi connectivity index (χ3n) is 2.24. The molecule has 78 valence electrons. The zero-order valence-corrected chi connectivity index (χ0v) is 9.00. The molecule has 0 aromatic rings. The molecule has 3 N–H and O–H groups in total. The molecule has 0 rings (SSSR count). The van der Waals surface area contributed by atoms with Gasteiger partial charge in [-0.15, -0.1) is 0 Å². The number of nitrogens with one attached hydrogen (secondary N) is 1. The first-order chi connectivity index (χ1) is 6.02. The number of carbonyl (C=O) groups excluding carboxylic acids is 1. The molecule has 0 bridgehead atoms. The highest BCUT2D eigenvalue weighted by Gasteiger charge is 2.17. The molecule has 0 radical (unpaired) electrons. The van der Waals surface area contributed by atoms with Crippen LogP contribution >= 0.6 is 0 Å². The Morgan fingerprint density at radius 3 is 2.23 bits per heavy atom. The Morgan fingerprint density at radius 1 is 1.38 bits per heavy atom. The smallest absolute Gasteiger partial charge is 0.329 e. The van der Waals surface area contributed by atoms with Gasteiger partial charge in [0.1, 0.15) is 0 Å². The molecular weight excluding hydrogens is 166 g/mol. The zero-order chi connectivity index (χ0) is 10.4. The number of urea groups is 1. The van der Waals surface area contributed by atoms with Crippen molar-refractivity contribution < 1.29 is 4.79 Å². The summed E-state index contributed by atoms with van der Waals surface area (Å²) in [6.45, 7) is 8.09. The summed E-state index contributed by atoms with van der Waals surface area (Å²) >= 11 is 0. The summed E-state index contributed by atoms with van der Waals surface area (Å²) in [6, 6.07) is 0.0163. The molecule has 0 spiro atoms. The van der Waals surface area contributed by atoms with E-state index < -0.39 is 6.03 Å². The number of hydrogen-bond acceptors (Lipinski definition) is 2. The summed E-state index contributed by atoms with van der Waals surface area (Å²) < 4.78 is 0. The van der Waals surface area contributed by atoms with Crippen LogP contribution in [0.3, 0.4) is 0 Å². The second kappa shape index (κ2) is 5.80. The summed E-state index contributed by atoms with van der Waals surface area (Å²) in [5.41, 5.74) is 8.32. The van der Waals surface area contributed by atoms with Crippen LogP contribution < -0.4 is 11.2 Å². The van der Waals surface area contributed by atoms with Gasteiger partial charge in [0.25, 0.3) is 0 Å². The average Bonchev–Trinajstić information content (AvgIpc) is 2.11. The Balaban J connectivity index is 4.17. The lowest BCUT2D eigenvalue weighted by Crippen LogP contribution is -2.53. The van der Waals surface area contributed by atoms with Gasteiger partial charge in [0.15, 0.2) is 0 Å². The first-order valence-corrected chi connectivity index (χ1v) is 4.87. The third kappa shape index (κ3) is 4.12. The molecular formula is C9H21N3O. The lowest BCUT2D eigenvalue weighted by molar-refractivity contribution is 0.134. The van der Waals surface area contributed by atoms with Gasteiger partial charge in [-0.3, -0.25) is 5.01 Å². The van der Waals surface area contributed by atoms with Crippen LogP contribution in [0.5, 0.6) is 0 Å². The maximum absolute atomic E-state index is 11.0. The van der Waals surface area contributed by atoms with Gasteiger partial charge in [-0.25, -0.2) is 10.2 Å². The van der Waals surface area contributed by atoms with Gasteiger partial charge in [-0.2, -0.15) is 0 Å². The minimum Gasteiger partial charge on any atom is -0.350 e. The average molecular weight is 187 g/mol. The Hall–Kier alpha value is -0.770. The Bertz CT molecular complexity index is 161. The van der Waals surface area contributed by atoms with E-state index in [1.807, 2.05) is 20.8 Å². The van der Waals surface area contributed by atoms with E-state index in [0.29, 0.717) is 0 Å². The Kier molecular flexibility index (Phi) is 5.46. The molecule has 2 atom stereocenters. The second-order valence-corrected chi connectivity index (χ2v) is 3.40. The van der Waals surface area contributed by atoms with E-state index in [-0.39, 0.29) is 12.1 Å². The summed E-state index contributed by atoms with van der Waals surface area (Å²) in [5.74, 6) is 0. The molecule has 0 aromatic heterocycles. The van der Waals surface area contributed by atoms with Crippen molar-refractivity contribution in [2.45, 2.75) is 52.6 Å². The van der Waals surface area contributed by atoms with Crippen LogP contribution in [0.1, 0.15) is 40.5 Å².